The number of hydrogen-bond acceptors (Lipinski definition) is 4. The van der Waals surface area contributed by atoms with Crippen LogP contribution < -0.4 is 10.6 Å². The molecule has 192 valence electrons. The zero-order chi connectivity index (χ0) is 26.8. The van der Waals surface area contributed by atoms with Crippen molar-refractivity contribution < 1.29 is 13.6 Å². The monoisotopic (exact) mass is 502 g/mol. The number of benzene rings is 2. The summed E-state index contributed by atoms with van der Waals surface area (Å²) in [6.45, 7) is 7.05. The molecule has 0 fully saturated rings. The van der Waals surface area contributed by atoms with Crippen LogP contribution in [0.25, 0.3) is 11.1 Å². The number of rotatable bonds is 12. The highest BCUT2D eigenvalue weighted by Gasteiger charge is 2.42. The lowest BCUT2D eigenvalue weighted by Crippen LogP contribution is -2.54. The number of nitrogens with zero attached hydrogens (tertiary/aromatic N) is 2. The second-order valence-corrected chi connectivity index (χ2v) is 9.31. The van der Waals surface area contributed by atoms with Crippen LogP contribution in [0.2, 0.25) is 0 Å². The molecule has 37 heavy (non-hydrogen) atoms. The van der Waals surface area contributed by atoms with Gasteiger partial charge in [0.2, 0.25) is 5.91 Å². The summed E-state index contributed by atoms with van der Waals surface area (Å²) < 4.78 is 30.8. The summed E-state index contributed by atoms with van der Waals surface area (Å²) in [5, 5.41) is 15.3. The lowest BCUT2D eigenvalue weighted by molar-refractivity contribution is -0.126. The van der Waals surface area contributed by atoms with Crippen molar-refractivity contribution in [3.63, 3.8) is 0 Å². The molecule has 1 aromatic heterocycles. The molecule has 0 saturated heterocycles. The predicted molar refractivity (Wildman–Crippen MR) is 142 cm³/mol. The number of nitriles is 1. The number of amides is 1. The Labute approximate surface area is 217 Å². The quantitative estimate of drug-likeness (QED) is 0.304. The van der Waals surface area contributed by atoms with Crippen molar-refractivity contribution in [2.45, 2.75) is 50.7 Å². The summed E-state index contributed by atoms with van der Waals surface area (Å²) >= 11 is 0. The Morgan fingerprint density at radius 1 is 1.05 bits per heavy atom. The van der Waals surface area contributed by atoms with Crippen LogP contribution in [0, 0.1) is 17.2 Å². The SMILES string of the molecule is C=CCC(F)(F)[C@@H](N[C@H](C(=O)N[C@H](C#N)Cc1ccccc1)C(C)C)c1ccc(-c2ccncc2)cc1. The molecule has 0 unspecified atom stereocenters. The predicted octanol–water partition coefficient (Wildman–Crippen LogP) is 5.87. The Balaban J connectivity index is 1.84. The van der Waals surface area contributed by atoms with Crippen LogP contribution >= 0.6 is 0 Å². The highest BCUT2D eigenvalue weighted by molar-refractivity contribution is 5.82. The van der Waals surface area contributed by atoms with E-state index in [-0.39, 0.29) is 5.92 Å². The highest BCUT2D eigenvalue weighted by Crippen LogP contribution is 2.36. The zero-order valence-electron chi connectivity index (χ0n) is 21.1. The summed E-state index contributed by atoms with van der Waals surface area (Å²) in [5.74, 6) is -4.01. The van der Waals surface area contributed by atoms with Gasteiger partial charge in [-0.25, -0.2) is 8.78 Å². The minimum atomic E-state index is -3.20. The second kappa shape index (κ2) is 12.9. The summed E-state index contributed by atoms with van der Waals surface area (Å²) in [5.41, 5.74) is 3.04. The number of aromatic nitrogens is 1. The molecule has 0 spiro atoms. The van der Waals surface area contributed by atoms with E-state index in [0.717, 1.165) is 16.7 Å². The Morgan fingerprint density at radius 2 is 1.68 bits per heavy atom. The van der Waals surface area contributed by atoms with Crippen molar-refractivity contribution in [2.24, 2.45) is 5.92 Å². The second-order valence-electron chi connectivity index (χ2n) is 9.31. The minimum absolute atomic E-state index is 0.311. The lowest BCUT2D eigenvalue weighted by Gasteiger charge is -2.33. The number of hydrogen-bond donors (Lipinski definition) is 2. The smallest absolute Gasteiger partial charge is 0.270 e. The number of carbonyl (C=O) groups excluding carboxylic acids is 1. The maximum atomic E-state index is 15.4. The lowest BCUT2D eigenvalue weighted by atomic mass is 9.93. The van der Waals surface area contributed by atoms with E-state index in [9.17, 15) is 10.1 Å². The topological polar surface area (TPSA) is 77.8 Å². The number of halogens is 2. The summed E-state index contributed by atoms with van der Waals surface area (Å²) in [6.07, 6.45) is 4.28. The van der Waals surface area contributed by atoms with Crippen molar-refractivity contribution in [3.05, 3.63) is 103 Å². The normalized spacial score (nSPS) is 13.8. The van der Waals surface area contributed by atoms with Crippen LogP contribution in [-0.4, -0.2) is 28.9 Å². The van der Waals surface area contributed by atoms with Gasteiger partial charge in [-0.3, -0.25) is 15.1 Å². The minimum Gasteiger partial charge on any atom is -0.339 e. The molecule has 0 bridgehead atoms. The molecule has 2 aromatic carbocycles. The number of alkyl halides is 2. The van der Waals surface area contributed by atoms with E-state index in [1.54, 1.807) is 50.5 Å². The first kappa shape index (κ1) is 27.7. The molecule has 0 aliphatic carbocycles. The molecular weight excluding hydrogens is 470 g/mol. The van der Waals surface area contributed by atoms with Crippen molar-refractivity contribution in [1.29, 1.82) is 5.26 Å². The summed E-state index contributed by atoms with van der Waals surface area (Å²) in [7, 11) is 0. The number of pyridine rings is 1. The molecule has 0 saturated carbocycles. The Kier molecular flexibility index (Phi) is 9.64. The Hall–Kier alpha value is -3.89. The largest absolute Gasteiger partial charge is 0.339 e. The van der Waals surface area contributed by atoms with Gasteiger partial charge in [0.1, 0.15) is 6.04 Å². The van der Waals surface area contributed by atoms with Crippen LogP contribution in [0.4, 0.5) is 8.78 Å². The zero-order valence-corrected chi connectivity index (χ0v) is 21.1. The fraction of sp³-hybridized carbons (Fsp3) is 0.300. The van der Waals surface area contributed by atoms with Gasteiger partial charge in [0.15, 0.2) is 0 Å². The Bertz CT molecular complexity index is 1190. The molecular formula is C30H32F2N4O. The van der Waals surface area contributed by atoms with Crippen LogP contribution in [-0.2, 0) is 11.2 Å². The van der Waals surface area contributed by atoms with Crippen LogP contribution in [0.3, 0.4) is 0 Å². The molecule has 2 N–H and O–H groups in total. The first-order valence-electron chi connectivity index (χ1n) is 12.2. The van der Waals surface area contributed by atoms with Crippen LogP contribution in [0.5, 0.6) is 0 Å². The molecule has 3 rings (SSSR count). The van der Waals surface area contributed by atoms with E-state index in [1.165, 1.54) is 6.08 Å². The van der Waals surface area contributed by atoms with Gasteiger partial charge < -0.3 is 5.32 Å². The average molecular weight is 503 g/mol. The van der Waals surface area contributed by atoms with Crippen molar-refractivity contribution in [2.75, 3.05) is 0 Å². The molecule has 1 heterocycles. The summed E-state index contributed by atoms with van der Waals surface area (Å²) in [4.78, 5) is 17.2. The maximum absolute atomic E-state index is 15.4. The molecule has 3 atom stereocenters. The van der Waals surface area contributed by atoms with E-state index >= 15 is 8.78 Å². The number of allylic oxidation sites excluding steroid dienone is 1. The molecule has 5 nitrogen and oxygen atoms in total. The Morgan fingerprint density at radius 3 is 2.24 bits per heavy atom. The fourth-order valence-electron chi connectivity index (χ4n) is 4.18. The van der Waals surface area contributed by atoms with Crippen molar-refractivity contribution >= 4 is 5.91 Å². The van der Waals surface area contributed by atoms with Gasteiger partial charge in [-0.2, -0.15) is 5.26 Å². The third-order valence-corrected chi connectivity index (χ3v) is 6.15. The van der Waals surface area contributed by atoms with Gasteiger partial charge in [0, 0.05) is 25.2 Å². The van der Waals surface area contributed by atoms with Gasteiger partial charge in [-0.1, -0.05) is 74.5 Å². The fourth-order valence-corrected chi connectivity index (χ4v) is 4.18. The van der Waals surface area contributed by atoms with Gasteiger partial charge in [-0.05, 0) is 40.3 Å². The van der Waals surface area contributed by atoms with Crippen LogP contribution in [0.15, 0.2) is 91.8 Å². The van der Waals surface area contributed by atoms with Crippen molar-refractivity contribution in [3.8, 4) is 17.2 Å². The maximum Gasteiger partial charge on any atom is 0.270 e. The highest BCUT2D eigenvalue weighted by atomic mass is 19.3. The first-order valence-corrected chi connectivity index (χ1v) is 12.2. The van der Waals surface area contributed by atoms with E-state index in [1.807, 2.05) is 42.5 Å². The van der Waals surface area contributed by atoms with E-state index in [2.05, 4.69) is 28.3 Å². The first-order chi connectivity index (χ1) is 17.7. The van der Waals surface area contributed by atoms with Gasteiger partial charge in [0.05, 0.1) is 18.2 Å². The summed E-state index contributed by atoms with van der Waals surface area (Å²) in [6, 6.07) is 18.8. The molecule has 0 aliphatic heterocycles. The molecule has 1 amide bonds. The van der Waals surface area contributed by atoms with E-state index < -0.39 is 36.4 Å². The van der Waals surface area contributed by atoms with Crippen LogP contribution in [0.1, 0.15) is 37.4 Å². The van der Waals surface area contributed by atoms with Crippen molar-refractivity contribution in [1.82, 2.24) is 15.6 Å². The van der Waals surface area contributed by atoms with Gasteiger partial charge >= 0.3 is 0 Å². The third kappa shape index (κ3) is 7.55. The number of carbonyl (C=O) groups is 1. The van der Waals surface area contributed by atoms with Gasteiger partial charge in [0.25, 0.3) is 5.92 Å². The molecule has 3 aromatic rings. The van der Waals surface area contributed by atoms with Gasteiger partial charge in [-0.15, -0.1) is 6.58 Å². The molecule has 0 radical (unpaired) electrons. The third-order valence-electron chi connectivity index (χ3n) is 6.15. The standard InChI is InChI=1S/C30H32F2N4O/c1-4-16-30(31,32)28(25-12-10-23(11-13-25)24-14-17-34-18-15-24)36-27(21(2)3)29(37)35-26(20-33)19-22-8-6-5-7-9-22/h4-15,17-18,21,26-28,36H,1,16,19H2,2-3H3,(H,35,37)/t26-,27-,28-/m0/s1. The van der Waals surface area contributed by atoms with E-state index in [0.29, 0.717) is 12.0 Å². The number of nitrogens with one attached hydrogen (secondary N) is 2. The molecule has 0 aliphatic rings. The van der Waals surface area contributed by atoms with E-state index in [4.69, 9.17) is 0 Å². The average Bonchev–Trinajstić information content (AvgIpc) is 2.89. The molecule has 7 heteroatoms.